The van der Waals surface area contributed by atoms with E-state index in [2.05, 4.69) is 5.32 Å². The van der Waals surface area contributed by atoms with Crippen LogP contribution in [0.5, 0.6) is 0 Å². The number of carbonyl (C=O) groups is 1. The van der Waals surface area contributed by atoms with Crippen LogP contribution in [-0.2, 0) is 14.8 Å². The van der Waals surface area contributed by atoms with E-state index in [1.54, 1.807) is 31.4 Å². The monoisotopic (exact) mass is 449 g/mol. The summed E-state index contributed by atoms with van der Waals surface area (Å²) in [5, 5.41) is 2.81. The van der Waals surface area contributed by atoms with E-state index in [9.17, 15) is 17.6 Å². The zero-order valence-electron chi connectivity index (χ0n) is 17.6. The Morgan fingerprint density at radius 3 is 2.45 bits per heavy atom. The maximum atomic E-state index is 13.1. The molecule has 31 heavy (non-hydrogen) atoms. The SMILES string of the molecule is COCCCCNC(=O)c1cccc(S(=O)(=O)N2CCN(c3ccc(F)cc3)CC2)c1. The number of halogens is 1. The molecule has 1 aliphatic heterocycles. The lowest BCUT2D eigenvalue weighted by molar-refractivity contribution is 0.0951. The van der Waals surface area contributed by atoms with E-state index in [0.717, 1.165) is 18.5 Å². The van der Waals surface area contributed by atoms with Crippen molar-refractivity contribution in [3.63, 3.8) is 0 Å². The van der Waals surface area contributed by atoms with Crippen LogP contribution in [0.2, 0.25) is 0 Å². The van der Waals surface area contributed by atoms with E-state index >= 15 is 0 Å². The molecule has 0 saturated carbocycles. The van der Waals surface area contributed by atoms with Gasteiger partial charge in [0.2, 0.25) is 10.0 Å². The lowest BCUT2D eigenvalue weighted by Gasteiger charge is -2.35. The van der Waals surface area contributed by atoms with Crippen molar-refractivity contribution in [3.8, 4) is 0 Å². The molecular formula is C22H28FN3O4S. The Morgan fingerprint density at radius 2 is 1.77 bits per heavy atom. The molecule has 2 aromatic carbocycles. The maximum absolute atomic E-state index is 13.1. The Kier molecular flexibility index (Phi) is 8.00. The molecule has 0 aliphatic carbocycles. The molecule has 0 radical (unpaired) electrons. The van der Waals surface area contributed by atoms with E-state index in [1.807, 2.05) is 4.90 Å². The molecule has 168 valence electrons. The van der Waals surface area contributed by atoms with Crippen LogP contribution in [-0.4, -0.2) is 65.1 Å². The molecule has 0 bridgehead atoms. The second kappa shape index (κ2) is 10.7. The molecule has 1 amide bonds. The van der Waals surface area contributed by atoms with Crippen molar-refractivity contribution in [1.29, 1.82) is 0 Å². The largest absolute Gasteiger partial charge is 0.385 e. The number of ether oxygens (including phenoxy) is 1. The third-order valence-corrected chi connectivity index (χ3v) is 7.12. The number of piperazine rings is 1. The highest BCUT2D eigenvalue weighted by atomic mass is 32.2. The summed E-state index contributed by atoms with van der Waals surface area (Å²) in [7, 11) is -2.08. The fraction of sp³-hybridized carbons (Fsp3) is 0.409. The van der Waals surface area contributed by atoms with Crippen LogP contribution >= 0.6 is 0 Å². The zero-order chi connectivity index (χ0) is 22.3. The molecule has 9 heteroatoms. The number of hydrogen-bond donors (Lipinski definition) is 1. The summed E-state index contributed by atoms with van der Waals surface area (Å²) in [6.45, 7) is 2.78. The van der Waals surface area contributed by atoms with Crippen molar-refractivity contribution < 1.29 is 22.3 Å². The smallest absolute Gasteiger partial charge is 0.251 e. The van der Waals surface area contributed by atoms with Gasteiger partial charge >= 0.3 is 0 Å². The van der Waals surface area contributed by atoms with Crippen LogP contribution in [0.4, 0.5) is 10.1 Å². The van der Waals surface area contributed by atoms with Gasteiger partial charge in [-0.15, -0.1) is 0 Å². The Balaban J connectivity index is 1.61. The Labute approximate surface area is 182 Å². The quantitative estimate of drug-likeness (QED) is 0.595. The molecule has 1 heterocycles. The minimum atomic E-state index is -3.71. The number of amides is 1. The zero-order valence-corrected chi connectivity index (χ0v) is 18.4. The van der Waals surface area contributed by atoms with Crippen LogP contribution in [0.15, 0.2) is 53.4 Å². The van der Waals surface area contributed by atoms with Gasteiger partial charge < -0.3 is 15.0 Å². The molecular weight excluding hydrogens is 421 g/mol. The van der Waals surface area contributed by atoms with Crippen LogP contribution in [0, 0.1) is 5.82 Å². The molecule has 0 atom stereocenters. The molecule has 1 N–H and O–H groups in total. The molecule has 3 rings (SSSR count). The van der Waals surface area contributed by atoms with Crippen molar-refractivity contribution >= 4 is 21.6 Å². The number of unbranched alkanes of at least 4 members (excludes halogenated alkanes) is 1. The first-order valence-electron chi connectivity index (χ1n) is 10.3. The number of sulfonamides is 1. The third-order valence-electron chi connectivity index (χ3n) is 5.23. The van der Waals surface area contributed by atoms with Gasteiger partial charge in [-0.1, -0.05) is 6.07 Å². The van der Waals surface area contributed by atoms with Gasteiger partial charge in [0.05, 0.1) is 4.90 Å². The maximum Gasteiger partial charge on any atom is 0.251 e. The number of rotatable bonds is 9. The molecule has 0 unspecified atom stereocenters. The summed E-state index contributed by atoms with van der Waals surface area (Å²) in [6, 6.07) is 12.3. The van der Waals surface area contributed by atoms with Crippen LogP contribution in [0.1, 0.15) is 23.2 Å². The number of anilines is 1. The van der Waals surface area contributed by atoms with Gasteiger partial charge in [-0.2, -0.15) is 4.31 Å². The predicted octanol–water partition coefficient (Wildman–Crippen LogP) is 2.49. The summed E-state index contributed by atoms with van der Waals surface area (Å²) in [5.41, 5.74) is 1.18. The van der Waals surface area contributed by atoms with Crippen molar-refractivity contribution in [2.45, 2.75) is 17.7 Å². The Hall–Kier alpha value is -2.49. The summed E-state index contributed by atoms with van der Waals surface area (Å²) in [5.74, 6) is -0.598. The van der Waals surface area contributed by atoms with E-state index in [4.69, 9.17) is 4.74 Å². The van der Waals surface area contributed by atoms with Gasteiger partial charge in [-0.25, -0.2) is 12.8 Å². The predicted molar refractivity (Wildman–Crippen MR) is 117 cm³/mol. The number of nitrogens with zero attached hydrogens (tertiary/aromatic N) is 2. The lowest BCUT2D eigenvalue weighted by atomic mass is 10.2. The average molecular weight is 450 g/mol. The van der Waals surface area contributed by atoms with Gasteiger partial charge in [0, 0.05) is 57.7 Å². The van der Waals surface area contributed by atoms with Gasteiger partial charge in [0.1, 0.15) is 5.82 Å². The van der Waals surface area contributed by atoms with E-state index in [0.29, 0.717) is 44.9 Å². The highest BCUT2D eigenvalue weighted by molar-refractivity contribution is 7.89. The van der Waals surface area contributed by atoms with E-state index in [-0.39, 0.29) is 16.6 Å². The first kappa shape index (κ1) is 23.2. The van der Waals surface area contributed by atoms with E-state index < -0.39 is 10.0 Å². The van der Waals surface area contributed by atoms with Gasteiger partial charge in [0.25, 0.3) is 5.91 Å². The number of methoxy groups -OCH3 is 1. The lowest BCUT2D eigenvalue weighted by Crippen LogP contribution is -2.48. The van der Waals surface area contributed by atoms with Crippen molar-refractivity contribution in [2.24, 2.45) is 0 Å². The number of nitrogens with one attached hydrogen (secondary N) is 1. The first-order chi connectivity index (χ1) is 14.9. The summed E-state index contributed by atoms with van der Waals surface area (Å²) in [4.78, 5) is 14.5. The molecule has 1 fully saturated rings. The Bertz CT molecular complexity index is 975. The molecule has 0 spiro atoms. The second-order valence-electron chi connectivity index (χ2n) is 7.35. The van der Waals surface area contributed by atoms with E-state index in [1.165, 1.54) is 28.6 Å². The molecule has 7 nitrogen and oxygen atoms in total. The standard InChI is InChI=1S/C22H28FN3O4S/c1-30-16-3-2-11-24-22(27)18-5-4-6-21(17-18)31(28,29)26-14-12-25(13-15-26)20-9-7-19(23)8-10-20/h4-10,17H,2-3,11-16H2,1H3,(H,24,27). The van der Waals surface area contributed by atoms with Gasteiger partial charge in [-0.05, 0) is 55.3 Å². The molecule has 1 saturated heterocycles. The fourth-order valence-corrected chi connectivity index (χ4v) is 4.93. The third kappa shape index (κ3) is 6.03. The highest BCUT2D eigenvalue weighted by Crippen LogP contribution is 2.22. The minimum absolute atomic E-state index is 0.106. The Morgan fingerprint density at radius 1 is 1.06 bits per heavy atom. The summed E-state index contributed by atoms with van der Waals surface area (Å²) < 4.78 is 45.7. The fourth-order valence-electron chi connectivity index (χ4n) is 3.46. The summed E-state index contributed by atoms with van der Waals surface area (Å²) in [6.07, 6.45) is 1.63. The second-order valence-corrected chi connectivity index (χ2v) is 9.29. The van der Waals surface area contributed by atoms with Crippen LogP contribution < -0.4 is 10.2 Å². The molecule has 2 aromatic rings. The average Bonchev–Trinajstić information content (AvgIpc) is 2.79. The van der Waals surface area contributed by atoms with Gasteiger partial charge in [0.15, 0.2) is 0 Å². The van der Waals surface area contributed by atoms with Crippen molar-refractivity contribution in [2.75, 3.05) is 51.3 Å². The minimum Gasteiger partial charge on any atom is -0.385 e. The van der Waals surface area contributed by atoms with Gasteiger partial charge in [-0.3, -0.25) is 4.79 Å². The first-order valence-corrected chi connectivity index (χ1v) is 11.7. The number of carbonyl (C=O) groups excluding carboxylic acids is 1. The van der Waals surface area contributed by atoms with Crippen molar-refractivity contribution in [1.82, 2.24) is 9.62 Å². The number of hydrogen-bond acceptors (Lipinski definition) is 5. The van der Waals surface area contributed by atoms with Crippen LogP contribution in [0.3, 0.4) is 0 Å². The number of benzene rings is 2. The topological polar surface area (TPSA) is 78.9 Å². The summed E-state index contributed by atoms with van der Waals surface area (Å²) >= 11 is 0. The van der Waals surface area contributed by atoms with Crippen molar-refractivity contribution in [3.05, 3.63) is 59.9 Å². The highest BCUT2D eigenvalue weighted by Gasteiger charge is 2.29. The molecule has 0 aromatic heterocycles. The molecule has 1 aliphatic rings. The normalized spacial score (nSPS) is 15.1. The van der Waals surface area contributed by atoms with Crippen LogP contribution in [0.25, 0.3) is 0 Å².